The van der Waals surface area contributed by atoms with Gasteiger partial charge in [-0.25, -0.2) is 0 Å². The van der Waals surface area contributed by atoms with Crippen LogP contribution in [0.4, 0.5) is 0 Å². The van der Waals surface area contributed by atoms with Gasteiger partial charge in [0.2, 0.25) is 0 Å². The number of hydrogen-bond donors (Lipinski definition) is 0. The molecule has 0 aliphatic carbocycles. The molecule has 0 aromatic heterocycles. The minimum absolute atomic E-state index is 0.0406. The van der Waals surface area contributed by atoms with Gasteiger partial charge >= 0.3 is 11.9 Å². The lowest BCUT2D eigenvalue weighted by molar-refractivity contribution is -0.156. The highest BCUT2D eigenvalue weighted by molar-refractivity contribution is 5.67. The molecule has 0 bridgehead atoms. The maximum Gasteiger partial charge on any atom is 0.303 e. The Bertz CT molecular complexity index is 359. The summed E-state index contributed by atoms with van der Waals surface area (Å²) in [5, 5.41) is 0. The first kappa shape index (κ1) is 12.2. The Kier molecular flexibility index (Phi) is 4.51. The van der Waals surface area contributed by atoms with Crippen molar-refractivity contribution < 1.29 is 19.1 Å². The topological polar surface area (TPSA) is 52.6 Å². The minimum atomic E-state index is -0.539. The number of carbonyl (C=O) groups is 2. The molecule has 0 unspecified atom stereocenters. The molecule has 0 aliphatic rings. The van der Waals surface area contributed by atoms with Gasteiger partial charge in [-0.1, -0.05) is 30.3 Å². The van der Waals surface area contributed by atoms with Crippen molar-refractivity contribution in [2.75, 3.05) is 6.61 Å². The van der Waals surface area contributed by atoms with Crippen LogP contribution in [0.2, 0.25) is 0 Å². The lowest BCUT2D eigenvalue weighted by Crippen LogP contribution is -2.16. The summed E-state index contributed by atoms with van der Waals surface area (Å²) in [5.41, 5.74) is 0.805. The summed E-state index contributed by atoms with van der Waals surface area (Å²) in [7, 11) is 0. The van der Waals surface area contributed by atoms with Gasteiger partial charge in [-0.3, -0.25) is 9.59 Å². The van der Waals surface area contributed by atoms with Crippen LogP contribution >= 0.6 is 0 Å². The molecule has 4 nitrogen and oxygen atoms in total. The second-order valence-electron chi connectivity index (χ2n) is 3.31. The van der Waals surface area contributed by atoms with Crippen molar-refractivity contribution in [3.63, 3.8) is 0 Å². The zero-order chi connectivity index (χ0) is 12.0. The molecule has 0 radical (unpaired) electrons. The maximum atomic E-state index is 10.9. The van der Waals surface area contributed by atoms with Crippen LogP contribution in [0, 0.1) is 0 Å². The van der Waals surface area contributed by atoms with E-state index in [2.05, 4.69) is 0 Å². The fraction of sp³-hybridized carbons (Fsp3) is 0.333. The Labute approximate surface area is 94.2 Å². The van der Waals surface area contributed by atoms with Crippen LogP contribution in [0.25, 0.3) is 0 Å². The zero-order valence-electron chi connectivity index (χ0n) is 9.30. The average Bonchev–Trinajstić information content (AvgIpc) is 2.25. The van der Waals surface area contributed by atoms with Crippen molar-refractivity contribution in [1.29, 1.82) is 0 Å². The molecule has 86 valence electrons. The summed E-state index contributed by atoms with van der Waals surface area (Å²) >= 11 is 0. The van der Waals surface area contributed by atoms with Gasteiger partial charge in [-0.05, 0) is 5.56 Å². The molecule has 1 atom stereocenters. The molecule has 0 N–H and O–H groups in total. The van der Waals surface area contributed by atoms with E-state index in [-0.39, 0.29) is 6.61 Å². The standard InChI is InChI=1S/C12H14O4/c1-9(13)15-8-12(16-10(2)14)11-6-4-3-5-7-11/h3-7,12H,8H2,1-2H3/t12-/m1/s1. The van der Waals surface area contributed by atoms with Crippen molar-refractivity contribution in [1.82, 2.24) is 0 Å². The zero-order valence-corrected chi connectivity index (χ0v) is 9.30. The second-order valence-corrected chi connectivity index (χ2v) is 3.31. The molecule has 1 rings (SSSR count). The highest BCUT2D eigenvalue weighted by atomic mass is 16.6. The molecule has 0 spiro atoms. The Morgan fingerprint density at radius 3 is 2.25 bits per heavy atom. The van der Waals surface area contributed by atoms with Gasteiger partial charge in [0.25, 0.3) is 0 Å². The van der Waals surface area contributed by atoms with E-state index in [0.29, 0.717) is 0 Å². The van der Waals surface area contributed by atoms with E-state index in [1.165, 1.54) is 13.8 Å². The van der Waals surface area contributed by atoms with Gasteiger partial charge in [0.15, 0.2) is 6.10 Å². The van der Waals surface area contributed by atoms with E-state index in [9.17, 15) is 9.59 Å². The number of esters is 2. The molecule has 4 heteroatoms. The van der Waals surface area contributed by atoms with Crippen molar-refractivity contribution in [3.05, 3.63) is 35.9 Å². The summed E-state index contributed by atoms with van der Waals surface area (Å²) in [5.74, 6) is -0.797. The van der Waals surface area contributed by atoms with Crippen molar-refractivity contribution in [2.24, 2.45) is 0 Å². The first-order valence-corrected chi connectivity index (χ1v) is 4.95. The van der Waals surface area contributed by atoms with Crippen LogP contribution < -0.4 is 0 Å². The highest BCUT2D eigenvalue weighted by Gasteiger charge is 2.15. The molecular formula is C12H14O4. The third-order valence-corrected chi connectivity index (χ3v) is 1.92. The molecule has 1 aromatic carbocycles. The lowest BCUT2D eigenvalue weighted by atomic mass is 10.1. The van der Waals surface area contributed by atoms with Gasteiger partial charge in [0.1, 0.15) is 6.61 Å². The van der Waals surface area contributed by atoms with E-state index in [1.807, 2.05) is 30.3 Å². The first-order valence-electron chi connectivity index (χ1n) is 4.95. The van der Waals surface area contributed by atoms with Crippen LogP contribution in [-0.4, -0.2) is 18.5 Å². The summed E-state index contributed by atoms with van der Waals surface area (Å²) < 4.78 is 9.91. The monoisotopic (exact) mass is 222 g/mol. The van der Waals surface area contributed by atoms with Gasteiger partial charge in [-0.15, -0.1) is 0 Å². The van der Waals surface area contributed by atoms with Crippen molar-refractivity contribution in [2.45, 2.75) is 20.0 Å². The van der Waals surface area contributed by atoms with E-state index in [4.69, 9.17) is 9.47 Å². The fourth-order valence-corrected chi connectivity index (χ4v) is 1.26. The van der Waals surface area contributed by atoms with Crippen molar-refractivity contribution in [3.8, 4) is 0 Å². The Morgan fingerprint density at radius 2 is 1.75 bits per heavy atom. The van der Waals surface area contributed by atoms with Gasteiger partial charge in [-0.2, -0.15) is 0 Å². The quantitative estimate of drug-likeness (QED) is 0.729. The number of carbonyl (C=O) groups excluding carboxylic acids is 2. The molecule has 0 amide bonds. The average molecular weight is 222 g/mol. The van der Waals surface area contributed by atoms with Gasteiger partial charge < -0.3 is 9.47 Å². The Morgan fingerprint density at radius 1 is 1.12 bits per heavy atom. The molecule has 0 fully saturated rings. The van der Waals surface area contributed by atoms with E-state index >= 15 is 0 Å². The third-order valence-electron chi connectivity index (χ3n) is 1.92. The fourth-order valence-electron chi connectivity index (χ4n) is 1.26. The van der Waals surface area contributed by atoms with E-state index in [1.54, 1.807) is 0 Å². The highest BCUT2D eigenvalue weighted by Crippen LogP contribution is 2.17. The van der Waals surface area contributed by atoms with Gasteiger partial charge in [0.05, 0.1) is 0 Å². The Hall–Kier alpha value is -1.84. The third kappa shape index (κ3) is 4.13. The Balaban J connectivity index is 2.71. The lowest BCUT2D eigenvalue weighted by Gasteiger charge is -2.16. The predicted molar refractivity (Wildman–Crippen MR) is 57.6 cm³/mol. The maximum absolute atomic E-state index is 10.9. The molecule has 0 saturated heterocycles. The molecular weight excluding hydrogens is 208 g/mol. The van der Waals surface area contributed by atoms with Crippen LogP contribution in [0.15, 0.2) is 30.3 Å². The van der Waals surface area contributed by atoms with Gasteiger partial charge in [0, 0.05) is 13.8 Å². The molecule has 0 saturated carbocycles. The smallest absolute Gasteiger partial charge is 0.303 e. The van der Waals surface area contributed by atoms with Crippen LogP contribution in [0.3, 0.4) is 0 Å². The summed E-state index contributed by atoms with van der Waals surface area (Å²) in [4.78, 5) is 21.6. The minimum Gasteiger partial charge on any atom is -0.462 e. The SMILES string of the molecule is CC(=O)OC[C@@H](OC(C)=O)c1ccccc1. The van der Waals surface area contributed by atoms with Crippen LogP contribution in [-0.2, 0) is 19.1 Å². The predicted octanol–water partition coefficient (Wildman–Crippen LogP) is 1.85. The summed E-state index contributed by atoms with van der Waals surface area (Å²) in [6.07, 6.45) is -0.539. The first-order chi connectivity index (χ1) is 7.59. The number of benzene rings is 1. The van der Waals surface area contributed by atoms with E-state index < -0.39 is 18.0 Å². The second kappa shape index (κ2) is 5.90. The molecule has 1 aromatic rings. The van der Waals surface area contributed by atoms with Crippen molar-refractivity contribution >= 4 is 11.9 Å². The summed E-state index contributed by atoms with van der Waals surface area (Å²) in [6, 6.07) is 9.16. The van der Waals surface area contributed by atoms with Crippen LogP contribution in [0.5, 0.6) is 0 Å². The largest absolute Gasteiger partial charge is 0.462 e. The number of hydrogen-bond acceptors (Lipinski definition) is 4. The van der Waals surface area contributed by atoms with E-state index in [0.717, 1.165) is 5.56 Å². The number of rotatable bonds is 4. The molecule has 16 heavy (non-hydrogen) atoms. The molecule has 0 aliphatic heterocycles. The summed E-state index contributed by atoms with van der Waals surface area (Å²) in [6.45, 7) is 2.68. The normalized spacial score (nSPS) is 11.6. The number of ether oxygens (including phenoxy) is 2. The molecule has 0 heterocycles. The van der Waals surface area contributed by atoms with Crippen LogP contribution in [0.1, 0.15) is 25.5 Å².